The summed E-state index contributed by atoms with van der Waals surface area (Å²) in [6.45, 7) is 6.34. The van der Waals surface area contributed by atoms with Crippen LogP contribution in [0, 0.1) is 11.3 Å². The van der Waals surface area contributed by atoms with Crippen molar-refractivity contribution in [2.24, 2.45) is 0 Å². The third-order valence-corrected chi connectivity index (χ3v) is 3.13. The van der Waals surface area contributed by atoms with E-state index in [2.05, 4.69) is 30.1 Å². The number of nitriles is 1. The number of nitrogens with zero attached hydrogens (tertiary/aromatic N) is 2. The first-order valence-electron chi connectivity index (χ1n) is 5.72. The lowest BCUT2D eigenvalue weighted by atomic mass is 10.1. The molecular weight excluding hydrogens is 198 g/mol. The van der Waals surface area contributed by atoms with Crippen LogP contribution in [0.4, 0.5) is 5.69 Å². The molecule has 1 aliphatic heterocycles. The molecule has 1 heterocycles. The van der Waals surface area contributed by atoms with Gasteiger partial charge in [-0.3, -0.25) is 0 Å². The van der Waals surface area contributed by atoms with Gasteiger partial charge in [0.1, 0.15) is 6.07 Å². The van der Waals surface area contributed by atoms with Crippen molar-refractivity contribution < 1.29 is 0 Å². The SMILES string of the molecule is CC1CNCC(C)N1c1ccccc1C#N. The van der Waals surface area contributed by atoms with Crippen LogP contribution in [-0.2, 0) is 0 Å². The molecule has 0 saturated carbocycles. The van der Waals surface area contributed by atoms with Gasteiger partial charge in [0.25, 0.3) is 0 Å². The average Bonchev–Trinajstić information content (AvgIpc) is 2.29. The van der Waals surface area contributed by atoms with Crippen molar-refractivity contribution in [1.82, 2.24) is 5.32 Å². The lowest BCUT2D eigenvalue weighted by molar-refractivity contribution is 0.432. The number of anilines is 1. The summed E-state index contributed by atoms with van der Waals surface area (Å²) < 4.78 is 0. The predicted molar refractivity (Wildman–Crippen MR) is 65.4 cm³/mol. The van der Waals surface area contributed by atoms with Gasteiger partial charge in [0, 0.05) is 25.2 Å². The van der Waals surface area contributed by atoms with Crippen molar-refractivity contribution in [3.63, 3.8) is 0 Å². The number of piperazine rings is 1. The molecule has 2 atom stereocenters. The van der Waals surface area contributed by atoms with Crippen LogP contribution < -0.4 is 10.2 Å². The van der Waals surface area contributed by atoms with Gasteiger partial charge in [0.15, 0.2) is 0 Å². The molecule has 2 unspecified atom stereocenters. The summed E-state index contributed by atoms with van der Waals surface area (Å²) >= 11 is 0. The Bertz CT molecular complexity index is 398. The Hall–Kier alpha value is -1.53. The fraction of sp³-hybridized carbons (Fsp3) is 0.462. The van der Waals surface area contributed by atoms with Gasteiger partial charge in [0.2, 0.25) is 0 Å². The molecule has 0 bridgehead atoms. The van der Waals surface area contributed by atoms with Gasteiger partial charge in [-0.15, -0.1) is 0 Å². The molecular formula is C13H17N3. The lowest BCUT2D eigenvalue weighted by Gasteiger charge is -2.41. The molecule has 3 nitrogen and oxygen atoms in total. The second kappa shape index (κ2) is 4.54. The quantitative estimate of drug-likeness (QED) is 0.775. The predicted octanol–water partition coefficient (Wildman–Crippen LogP) is 1.74. The second-order valence-corrected chi connectivity index (χ2v) is 4.39. The van der Waals surface area contributed by atoms with E-state index in [0.29, 0.717) is 12.1 Å². The summed E-state index contributed by atoms with van der Waals surface area (Å²) in [5.74, 6) is 0. The Morgan fingerprint density at radius 1 is 1.25 bits per heavy atom. The molecule has 0 aromatic heterocycles. The van der Waals surface area contributed by atoms with E-state index in [-0.39, 0.29) is 0 Å². The van der Waals surface area contributed by atoms with Crippen molar-refractivity contribution >= 4 is 5.69 Å². The zero-order valence-electron chi connectivity index (χ0n) is 9.77. The number of para-hydroxylation sites is 1. The van der Waals surface area contributed by atoms with Crippen LogP contribution in [0.25, 0.3) is 0 Å². The number of hydrogen-bond acceptors (Lipinski definition) is 3. The zero-order valence-corrected chi connectivity index (χ0v) is 9.77. The summed E-state index contributed by atoms with van der Waals surface area (Å²) in [5.41, 5.74) is 1.83. The van der Waals surface area contributed by atoms with E-state index >= 15 is 0 Å². The van der Waals surface area contributed by atoms with Crippen molar-refractivity contribution in [2.75, 3.05) is 18.0 Å². The van der Waals surface area contributed by atoms with E-state index < -0.39 is 0 Å². The van der Waals surface area contributed by atoms with E-state index in [1.54, 1.807) is 0 Å². The van der Waals surface area contributed by atoms with Gasteiger partial charge in [-0.1, -0.05) is 12.1 Å². The topological polar surface area (TPSA) is 39.1 Å². The summed E-state index contributed by atoms with van der Waals surface area (Å²) in [6.07, 6.45) is 0. The molecule has 0 amide bonds. The highest BCUT2D eigenvalue weighted by Crippen LogP contribution is 2.25. The van der Waals surface area contributed by atoms with Crippen LogP contribution in [0.1, 0.15) is 19.4 Å². The largest absolute Gasteiger partial charge is 0.362 e. The highest BCUT2D eigenvalue weighted by Gasteiger charge is 2.25. The highest BCUT2D eigenvalue weighted by atomic mass is 15.2. The molecule has 0 aliphatic carbocycles. The van der Waals surface area contributed by atoms with E-state index in [9.17, 15) is 0 Å². The fourth-order valence-electron chi connectivity index (χ4n) is 2.40. The van der Waals surface area contributed by atoms with Crippen molar-refractivity contribution in [1.29, 1.82) is 5.26 Å². The first-order valence-corrected chi connectivity index (χ1v) is 5.72. The molecule has 2 rings (SSSR count). The average molecular weight is 215 g/mol. The minimum absolute atomic E-state index is 0.429. The van der Waals surface area contributed by atoms with E-state index in [4.69, 9.17) is 5.26 Å². The molecule has 0 spiro atoms. The Morgan fingerprint density at radius 2 is 1.88 bits per heavy atom. The van der Waals surface area contributed by atoms with Gasteiger partial charge >= 0.3 is 0 Å². The van der Waals surface area contributed by atoms with Gasteiger partial charge in [-0.2, -0.15) is 5.26 Å². The van der Waals surface area contributed by atoms with E-state index in [1.807, 2.05) is 24.3 Å². The van der Waals surface area contributed by atoms with E-state index in [0.717, 1.165) is 24.3 Å². The Balaban J connectivity index is 2.38. The minimum atomic E-state index is 0.429. The Morgan fingerprint density at radius 3 is 2.50 bits per heavy atom. The maximum atomic E-state index is 9.13. The second-order valence-electron chi connectivity index (χ2n) is 4.39. The molecule has 1 aliphatic rings. The summed E-state index contributed by atoms with van der Waals surface area (Å²) in [6, 6.07) is 11.0. The van der Waals surface area contributed by atoms with Crippen molar-refractivity contribution in [2.45, 2.75) is 25.9 Å². The molecule has 84 valence electrons. The standard InChI is InChI=1S/C13H17N3/c1-10-8-15-9-11(2)16(10)13-6-4-3-5-12(13)7-14/h3-6,10-11,15H,8-9H2,1-2H3. The van der Waals surface area contributed by atoms with Gasteiger partial charge in [-0.05, 0) is 26.0 Å². The van der Waals surface area contributed by atoms with Crippen molar-refractivity contribution in [3.8, 4) is 6.07 Å². The number of nitrogens with one attached hydrogen (secondary N) is 1. The summed E-state index contributed by atoms with van der Waals surface area (Å²) in [5, 5.41) is 12.5. The van der Waals surface area contributed by atoms with Crippen LogP contribution in [0.15, 0.2) is 24.3 Å². The maximum absolute atomic E-state index is 9.13. The van der Waals surface area contributed by atoms with E-state index in [1.165, 1.54) is 0 Å². The van der Waals surface area contributed by atoms with Crippen LogP contribution in [0.3, 0.4) is 0 Å². The highest BCUT2D eigenvalue weighted by molar-refractivity contribution is 5.60. The van der Waals surface area contributed by atoms with Gasteiger partial charge in [0.05, 0.1) is 11.3 Å². The molecule has 1 aromatic carbocycles. The molecule has 16 heavy (non-hydrogen) atoms. The molecule has 1 N–H and O–H groups in total. The van der Waals surface area contributed by atoms with Crippen molar-refractivity contribution in [3.05, 3.63) is 29.8 Å². The van der Waals surface area contributed by atoms with Crippen LogP contribution in [0.5, 0.6) is 0 Å². The summed E-state index contributed by atoms with van der Waals surface area (Å²) in [7, 11) is 0. The molecule has 1 saturated heterocycles. The minimum Gasteiger partial charge on any atom is -0.362 e. The first kappa shape index (κ1) is 11.0. The fourth-order valence-corrected chi connectivity index (χ4v) is 2.40. The molecule has 0 radical (unpaired) electrons. The van der Waals surface area contributed by atoms with Gasteiger partial charge in [-0.25, -0.2) is 0 Å². The Kier molecular flexibility index (Phi) is 3.12. The summed E-state index contributed by atoms with van der Waals surface area (Å²) in [4.78, 5) is 2.34. The third kappa shape index (κ3) is 1.89. The number of hydrogen-bond donors (Lipinski definition) is 1. The van der Waals surface area contributed by atoms with Crippen LogP contribution in [-0.4, -0.2) is 25.2 Å². The number of benzene rings is 1. The molecule has 1 fully saturated rings. The van der Waals surface area contributed by atoms with Crippen LogP contribution in [0.2, 0.25) is 0 Å². The lowest BCUT2D eigenvalue weighted by Crippen LogP contribution is -2.55. The Labute approximate surface area is 96.7 Å². The third-order valence-electron chi connectivity index (χ3n) is 3.13. The number of rotatable bonds is 1. The molecule has 3 heteroatoms. The zero-order chi connectivity index (χ0) is 11.5. The molecule has 1 aromatic rings. The first-order chi connectivity index (χ1) is 7.74. The smallest absolute Gasteiger partial charge is 0.101 e. The normalized spacial score (nSPS) is 25.2. The van der Waals surface area contributed by atoms with Gasteiger partial charge < -0.3 is 10.2 Å². The monoisotopic (exact) mass is 215 g/mol. The van der Waals surface area contributed by atoms with Crippen LogP contribution >= 0.6 is 0 Å². The maximum Gasteiger partial charge on any atom is 0.101 e.